The molecule has 5 N–H and O–H groups in total. The largest absolute Gasteiger partial charge is 0.463 e. The van der Waals surface area contributed by atoms with E-state index in [4.69, 9.17) is 53.1 Å². The third kappa shape index (κ3) is 18.5. The number of hydrogen-bond donors (Lipinski definition) is 4. The number of amides is 3. The highest BCUT2D eigenvalue weighted by Crippen LogP contribution is 2.29. The van der Waals surface area contributed by atoms with Crippen molar-refractivity contribution in [3.63, 3.8) is 0 Å². The third-order valence-corrected chi connectivity index (χ3v) is 8.64. The summed E-state index contributed by atoms with van der Waals surface area (Å²) in [6.07, 6.45) is -9.76. The first kappa shape index (κ1) is 51.8. The summed E-state index contributed by atoms with van der Waals surface area (Å²) in [6.45, 7) is 6.99. The van der Waals surface area contributed by atoms with Crippen LogP contribution in [0.3, 0.4) is 0 Å². The zero-order valence-corrected chi connectivity index (χ0v) is 35.3. The predicted molar refractivity (Wildman–Crippen MR) is 200 cm³/mol. The molecule has 0 aromatic rings. The summed E-state index contributed by atoms with van der Waals surface area (Å²) in [5, 5.41) is 7.70. The van der Waals surface area contributed by atoms with Crippen LogP contribution >= 0.6 is 0 Å². The Kier molecular flexibility index (Phi) is 21.6. The lowest BCUT2D eigenvalue weighted by Crippen LogP contribution is -2.66. The Morgan fingerprint density at radius 3 is 1.52 bits per heavy atom. The molecule has 2 heterocycles. The summed E-state index contributed by atoms with van der Waals surface area (Å²) in [4.78, 5) is 121. The second-order valence-electron chi connectivity index (χ2n) is 14.0. The molecule has 0 aromatic carbocycles. The lowest BCUT2D eigenvalue weighted by molar-refractivity contribution is -0.276. The first-order valence-electron chi connectivity index (χ1n) is 19.2. The van der Waals surface area contributed by atoms with Gasteiger partial charge in [0.25, 0.3) is 0 Å². The Bertz CT molecular complexity index is 1590. The van der Waals surface area contributed by atoms with E-state index in [1.54, 1.807) is 0 Å². The average Bonchev–Trinajstić information content (AvgIpc) is 3.14. The van der Waals surface area contributed by atoms with Crippen molar-refractivity contribution in [3.05, 3.63) is 0 Å². The van der Waals surface area contributed by atoms with Crippen LogP contribution in [0.4, 0.5) is 0 Å². The normalized spacial score (nSPS) is 26.2. The first-order valence-corrected chi connectivity index (χ1v) is 19.2. The minimum Gasteiger partial charge on any atom is -0.463 e. The highest BCUT2D eigenvalue weighted by molar-refractivity contribution is 5.87. The number of carbonyl (C=O) groups is 10. The Morgan fingerprint density at radius 2 is 1.03 bits per heavy atom. The first-order chi connectivity index (χ1) is 28.6. The van der Waals surface area contributed by atoms with Crippen LogP contribution in [0.25, 0.3) is 0 Å². The van der Waals surface area contributed by atoms with E-state index in [2.05, 4.69) is 16.0 Å². The van der Waals surface area contributed by atoms with Crippen molar-refractivity contribution in [2.75, 3.05) is 33.0 Å². The molecule has 2 aliphatic rings. The van der Waals surface area contributed by atoms with Crippen LogP contribution in [0.5, 0.6) is 0 Å². The lowest BCUT2D eigenvalue weighted by atomic mass is 9.96. The summed E-state index contributed by atoms with van der Waals surface area (Å²) in [5.41, 5.74) is 6.24. The molecule has 0 aromatic heterocycles. The highest BCUT2D eigenvalue weighted by atomic mass is 16.7. The van der Waals surface area contributed by atoms with Gasteiger partial charge in [-0.25, -0.2) is 0 Å². The molecular weight excluding hydrogens is 820 g/mol. The molecule has 0 aliphatic carbocycles. The van der Waals surface area contributed by atoms with E-state index in [1.807, 2.05) is 0 Å². The predicted octanol–water partition coefficient (Wildman–Crippen LogP) is -2.49. The van der Waals surface area contributed by atoms with Gasteiger partial charge in [-0.1, -0.05) is 0 Å². The van der Waals surface area contributed by atoms with E-state index in [9.17, 15) is 47.9 Å². The molecule has 2 fully saturated rings. The van der Waals surface area contributed by atoms with Gasteiger partial charge in [-0.15, -0.1) is 0 Å². The van der Waals surface area contributed by atoms with Crippen LogP contribution in [0.15, 0.2) is 0 Å². The molecule has 24 nitrogen and oxygen atoms in total. The van der Waals surface area contributed by atoms with E-state index >= 15 is 0 Å². The average molecular weight is 877 g/mol. The molecule has 3 amide bonds. The van der Waals surface area contributed by atoms with Gasteiger partial charge in [0.1, 0.15) is 44.7 Å². The zero-order valence-electron chi connectivity index (χ0n) is 35.3. The van der Waals surface area contributed by atoms with Gasteiger partial charge in [-0.3, -0.25) is 47.9 Å². The van der Waals surface area contributed by atoms with Gasteiger partial charge in [0, 0.05) is 55.0 Å². The van der Waals surface area contributed by atoms with Gasteiger partial charge < -0.3 is 69.1 Å². The van der Waals surface area contributed by atoms with Crippen molar-refractivity contribution in [2.24, 2.45) is 5.73 Å². The Balaban J connectivity index is 1.97. The van der Waals surface area contributed by atoms with Crippen LogP contribution in [0, 0.1) is 0 Å². The molecule has 344 valence electrons. The number of ether oxygens (including phenoxy) is 10. The number of rotatable bonds is 22. The molecule has 0 bridgehead atoms. The second kappa shape index (κ2) is 25.5. The maximum Gasteiger partial charge on any atom is 0.303 e. The quantitative estimate of drug-likeness (QED) is 0.0497. The van der Waals surface area contributed by atoms with Crippen LogP contribution < -0.4 is 21.7 Å². The van der Waals surface area contributed by atoms with E-state index < -0.39 is 147 Å². The van der Waals surface area contributed by atoms with Crippen molar-refractivity contribution < 1.29 is 95.3 Å². The molecular formula is C37H56N4O20. The Morgan fingerprint density at radius 1 is 0.574 bits per heavy atom. The molecule has 61 heavy (non-hydrogen) atoms. The molecule has 2 rings (SSSR count). The van der Waals surface area contributed by atoms with Crippen LogP contribution in [-0.4, -0.2) is 160 Å². The number of ketones is 1. The summed E-state index contributed by atoms with van der Waals surface area (Å²) < 4.78 is 54.2. The molecule has 2 saturated heterocycles. The molecule has 11 atom stereocenters. The number of carbonyl (C=O) groups excluding carboxylic acids is 10. The van der Waals surface area contributed by atoms with Crippen molar-refractivity contribution in [1.82, 2.24) is 16.0 Å². The summed E-state index contributed by atoms with van der Waals surface area (Å²) in [5.74, 6) is -6.86. The van der Waals surface area contributed by atoms with E-state index in [0.29, 0.717) is 12.8 Å². The molecule has 1 unspecified atom stereocenters. The third-order valence-electron chi connectivity index (χ3n) is 8.64. The number of nitrogens with two attached hydrogens (primary N) is 1. The van der Waals surface area contributed by atoms with Gasteiger partial charge in [0.2, 0.25) is 17.7 Å². The number of hydrogen-bond acceptors (Lipinski definition) is 21. The standard InChI is InChI=1S/C37H56N4O20/c1-17(42)25(41-29(51)16-54-36-30(38)34(58-23(7)48)32(56-21(5)46)26(60-36)13-52-19(3)44)11-9-10-12-39-28(50)15-55-37-31(40-18(2)43)35(59-24(8)49)33(57-22(6)47)27(61-37)14-53-20(4)45/h25-27,30-37H,9-16,38H2,1-8H3,(H,39,50)(H,40,43)(H,41,51)/t25-,26+,27+,30+,31+,32-,33-,34+,35+,36+,37?/m0/s1. The minimum atomic E-state index is -1.45. The van der Waals surface area contributed by atoms with Crippen LogP contribution in [0.2, 0.25) is 0 Å². The van der Waals surface area contributed by atoms with Crippen molar-refractivity contribution in [1.29, 1.82) is 0 Å². The van der Waals surface area contributed by atoms with Crippen molar-refractivity contribution >= 4 is 59.3 Å². The highest BCUT2D eigenvalue weighted by Gasteiger charge is 2.52. The van der Waals surface area contributed by atoms with Gasteiger partial charge in [-0.05, 0) is 26.2 Å². The SMILES string of the molecule is CC(=O)N[C@H]1C(OCC(=O)NCCCC[C@H](NC(=O)CO[C@@H]2O[C@H](COC(C)=O)[C@H](OC(C)=O)[C@H](OC(C)=O)[C@H]2N)C(C)=O)O[C@H](COC(C)=O)[C@H](OC(C)=O)[C@@H]1OC(C)=O. The lowest BCUT2D eigenvalue weighted by Gasteiger charge is -2.44. The summed E-state index contributed by atoms with van der Waals surface area (Å²) in [7, 11) is 0. The fraction of sp³-hybridized carbons (Fsp3) is 0.730. The zero-order chi connectivity index (χ0) is 46.0. The summed E-state index contributed by atoms with van der Waals surface area (Å²) in [6, 6.07) is -3.50. The monoisotopic (exact) mass is 876 g/mol. The number of Topliss-reactive ketones (excluding diaryl/α,β-unsaturated/α-hetero) is 1. The fourth-order valence-electron chi connectivity index (χ4n) is 6.20. The molecule has 0 spiro atoms. The number of nitrogens with one attached hydrogen (secondary N) is 3. The van der Waals surface area contributed by atoms with Crippen molar-refractivity contribution in [3.8, 4) is 0 Å². The maximum absolute atomic E-state index is 12.9. The minimum absolute atomic E-state index is 0.105. The molecule has 2 aliphatic heterocycles. The summed E-state index contributed by atoms with van der Waals surface area (Å²) >= 11 is 0. The maximum atomic E-state index is 12.9. The van der Waals surface area contributed by atoms with E-state index in [0.717, 1.165) is 48.5 Å². The van der Waals surface area contributed by atoms with Gasteiger partial charge in [0.15, 0.2) is 42.8 Å². The molecule has 0 saturated carbocycles. The Hall–Kier alpha value is -5.30. The van der Waals surface area contributed by atoms with Crippen molar-refractivity contribution in [2.45, 2.75) is 142 Å². The fourth-order valence-corrected chi connectivity index (χ4v) is 6.20. The number of esters is 6. The number of unbranched alkanes of at least 4 members (excludes halogenated alkanes) is 1. The molecule has 0 radical (unpaired) electrons. The van der Waals surface area contributed by atoms with E-state index in [-0.39, 0.29) is 18.7 Å². The molecule has 24 heteroatoms. The van der Waals surface area contributed by atoms with Gasteiger partial charge in [-0.2, -0.15) is 0 Å². The smallest absolute Gasteiger partial charge is 0.303 e. The van der Waals surface area contributed by atoms with Gasteiger partial charge in [0.05, 0.1) is 12.1 Å². The Labute approximate surface area is 351 Å². The van der Waals surface area contributed by atoms with Crippen LogP contribution in [-0.2, 0) is 95.3 Å². The van der Waals surface area contributed by atoms with Crippen LogP contribution in [0.1, 0.15) is 74.7 Å². The van der Waals surface area contributed by atoms with Gasteiger partial charge >= 0.3 is 35.8 Å². The van der Waals surface area contributed by atoms with E-state index in [1.165, 1.54) is 6.92 Å². The second-order valence-corrected chi connectivity index (χ2v) is 14.0. The topological polar surface area (TPSA) is 325 Å².